The number of aromatic nitrogens is 2. The van der Waals surface area contributed by atoms with E-state index >= 15 is 0 Å². The van der Waals surface area contributed by atoms with Gasteiger partial charge in [0, 0.05) is 43.9 Å². The molecule has 116 valence electrons. The third-order valence-corrected chi connectivity index (χ3v) is 4.17. The lowest BCUT2D eigenvalue weighted by Crippen LogP contribution is -2.48. The monoisotopic (exact) mass is 322 g/mol. The molecule has 1 saturated heterocycles. The molecule has 1 aliphatic heterocycles. The van der Waals surface area contributed by atoms with Crippen molar-refractivity contribution < 1.29 is 9.18 Å². The summed E-state index contributed by atoms with van der Waals surface area (Å²) < 4.78 is 13.1. The van der Waals surface area contributed by atoms with Crippen molar-refractivity contribution in [1.29, 1.82) is 0 Å². The van der Waals surface area contributed by atoms with E-state index in [0.717, 1.165) is 18.7 Å². The van der Waals surface area contributed by atoms with Crippen molar-refractivity contribution in [1.82, 2.24) is 20.0 Å². The van der Waals surface area contributed by atoms with Crippen LogP contribution >= 0.6 is 11.6 Å². The Morgan fingerprint density at radius 1 is 1.32 bits per heavy atom. The molecule has 3 rings (SSSR count). The Hall–Kier alpha value is -1.92. The van der Waals surface area contributed by atoms with Crippen LogP contribution in [-0.4, -0.2) is 52.1 Å². The van der Waals surface area contributed by atoms with Crippen LogP contribution in [0.2, 0.25) is 5.02 Å². The molecule has 0 spiro atoms. The van der Waals surface area contributed by atoms with Crippen molar-refractivity contribution in [2.75, 3.05) is 26.2 Å². The summed E-state index contributed by atoms with van der Waals surface area (Å²) in [7, 11) is 0. The number of benzene rings is 1. The number of piperazine rings is 1. The SMILES string of the molecule is O=C(c1cn[nH]c1)N1CCN(Cc2ccc(F)cc2Cl)CC1. The van der Waals surface area contributed by atoms with Gasteiger partial charge in [-0.1, -0.05) is 17.7 Å². The van der Waals surface area contributed by atoms with Gasteiger partial charge >= 0.3 is 0 Å². The highest BCUT2D eigenvalue weighted by Crippen LogP contribution is 2.20. The minimum Gasteiger partial charge on any atom is -0.336 e. The maximum absolute atomic E-state index is 13.1. The molecule has 1 amide bonds. The number of amides is 1. The predicted octanol–water partition coefficient (Wildman–Crippen LogP) is 2.16. The van der Waals surface area contributed by atoms with E-state index in [1.807, 2.05) is 4.90 Å². The molecule has 7 heteroatoms. The number of H-pyrrole nitrogens is 1. The zero-order valence-electron chi connectivity index (χ0n) is 11.9. The number of hydrogen-bond acceptors (Lipinski definition) is 3. The molecule has 1 aromatic heterocycles. The molecular weight excluding hydrogens is 307 g/mol. The Balaban J connectivity index is 1.56. The van der Waals surface area contributed by atoms with Gasteiger partial charge < -0.3 is 4.90 Å². The molecule has 2 aromatic rings. The Morgan fingerprint density at radius 3 is 2.73 bits per heavy atom. The van der Waals surface area contributed by atoms with E-state index in [0.29, 0.717) is 30.2 Å². The third-order valence-electron chi connectivity index (χ3n) is 3.81. The zero-order chi connectivity index (χ0) is 15.5. The quantitative estimate of drug-likeness (QED) is 0.942. The molecule has 0 aliphatic carbocycles. The average Bonchev–Trinajstić information content (AvgIpc) is 3.04. The van der Waals surface area contributed by atoms with Gasteiger partial charge in [-0.3, -0.25) is 14.8 Å². The van der Waals surface area contributed by atoms with E-state index < -0.39 is 0 Å². The lowest BCUT2D eigenvalue weighted by molar-refractivity contribution is 0.0628. The molecular formula is C15H16ClFN4O. The first-order chi connectivity index (χ1) is 10.6. The highest BCUT2D eigenvalue weighted by molar-refractivity contribution is 6.31. The van der Waals surface area contributed by atoms with Crippen LogP contribution in [0.3, 0.4) is 0 Å². The lowest BCUT2D eigenvalue weighted by Gasteiger charge is -2.34. The van der Waals surface area contributed by atoms with Crippen LogP contribution in [0.5, 0.6) is 0 Å². The first-order valence-electron chi connectivity index (χ1n) is 7.08. The normalized spacial score (nSPS) is 16.0. The van der Waals surface area contributed by atoms with Gasteiger partial charge in [-0.2, -0.15) is 5.10 Å². The van der Waals surface area contributed by atoms with Gasteiger partial charge in [0.05, 0.1) is 11.8 Å². The van der Waals surface area contributed by atoms with E-state index in [1.165, 1.54) is 18.3 Å². The van der Waals surface area contributed by atoms with Crippen LogP contribution in [0.1, 0.15) is 15.9 Å². The van der Waals surface area contributed by atoms with Gasteiger partial charge in [0.25, 0.3) is 5.91 Å². The minimum absolute atomic E-state index is 0.00628. The van der Waals surface area contributed by atoms with Gasteiger partial charge in [-0.25, -0.2) is 4.39 Å². The second-order valence-corrected chi connectivity index (χ2v) is 5.70. The topological polar surface area (TPSA) is 52.2 Å². The standard InChI is InChI=1S/C15H16ClFN4O/c16-14-7-13(17)2-1-11(14)10-20-3-5-21(6-4-20)15(22)12-8-18-19-9-12/h1-2,7-9H,3-6,10H2,(H,18,19). The molecule has 0 saturated carbocycles. The number of aromatic amines is 1. The molecule has 5 nitrogen and oxygen atoms in total. The summed E-state index contributed by atoms with van der Waals surface area (Å²) in [5.41, 5.74) is 1.48. The van der Waals surface area contributed by atoms with Crippen LogP contribution in [0.15, 0.2) is 30.6 Å². The summed E-state index contributed by atoms with van der Waals surface area (Å²) in [6, 6.07) is 4.45. The molecule has 1 aromatic carbocycles. The molecule has 1 aliphatic rings. The Labute approximate surface area is 132 Å². The van der Waals surface area contributed by atoms with Crippen LogP contribution in [0.4, 0.5) is 4.39 Å². The number of nitrogens with one attached hydrogen (secondary N) is 1. The van der Waals surface area contributed by atoms with E-state index in [9.17, 15) is 9.18 Å². The summed E-state index contributed by atoms with van der Waals surface area (Å²) in [4.78, 5) is 16.2. The smallest absolute Gasteiger partial charge is 0.257 e. The van der Waals surface area contributed by atoms with Crippen molar-refractivity contribution in [3.05, 3.63) is 52.6 Å². The van der Waals surface area contributed by atoms with Gasteiger partial charge in [0.1, 0.15) is 5.82 Å². The Bertz CT molecular complexity index is 654. The molecule has 22 heavy (non-hydrogen) atoms. The minimum atomic E-state index is -0.329. The van der Waals surface area contributed by atoms with Crippen molar-refractivity contribution >= 4 is 17.5 Å². The largest absolute Gasteiger partial charge is 0.336 e. The number of carbonyl (C=O) groups is 1. The zero-order valence-corrected chi connectivity index (χ0v) is 12.7. The fourth-order valence-corrected chi connectivity index (χ4v) is 2.78. The van der Waals surface area contributed by atoms with E-state index in [2.05, 4.69) is 15.1 Å². The van der Waals surface area contributed by atoms with Crippen LogP contribution in [0, 0.1) is 5.82 Å². The molecule has 0 atom stereocenters. The van der Waals surface area contributed by atoms with E-state index in [-0.39, 0.29) is 11.7 Å². The Morgan fingerprint density at radius 2 is 2.09 bits per heavy atom. The number of nitrogens with zero attached hydrogens (tertiary/aromatic N) is 3. The molecule has 1 fully saturated rings. The van der Waals surface area contributed by atoms with Gasteiger partial charge in [0.2, 0.25) is 0 Å². The van der Waals surface area contributed by atoms with Gasteiger partial charge in [-0.05, 0) is 17.7 Å². The van der Waals surface area contributed by atoms with E-state index in [1.54, 1.807) is 12.3 Å². The first-order valence-corrected chi connectivity index (χ1v) is 7.45. The second-order valence-electron chi connectivity index (χ2n) is 5.29. The third kappa shape index (κ3) is 3.28. The van der Waals surface area contributed by atoms with Gasteiger partial charge in [0.15, 0.2) is 0 Å². The fourth-order valence-electron chi connectivity index (χ4n) is 2.55. The van der Waals surface area contributed by atoms with Crippen molar-refractivity contribution in [3.63, 3.8) is 0 Å². The molecule has 1 N–H and O–H groups in total. The summed E-state index contributed by atoms with van der Waals surface area (Å²) in [6.45, 7) is 3.49. The highest BCUT2D eigenvalue weighted by atomic mass is 35.5. The van der Waals surface area contributed by atoms with Crippen molar-refractivity contribution in [2.24, 2.45) is 0 Å². The van der Waals surface area contributed by atoms with Crippen LogP contribution in [-0.2, 0) is 6.54 Å². The average molecular weight is 323 g/mol. The summed E-state index contributed by atoms with van der Waals surface area (Å²) in [5, 5.41) is 6.89. The number of rotatable bonds is 3. The summed E-state index contributed by atoms with van der Waals surface area (Å²) in [6.07, 6.45) is 3.14. The maximum Gasteiger partial charge on any atom is 0.257 e. The Kier molecular flexibility index (Phi) is 4.40. The van der Waals surface area contributed by atoms with Gasteiger partial charge in [-0.15, -0.1) is 0 Å². The molecule has 0 radical (unpaired) electrons. The lowest BCUT2D eigenvalue weighted by atomic mass is 10.2. The van der Waals surface area contributed by atoms with Crippen molar-refractivity contribution in [3.8, 4) is 0 Å². The molecule has 0 bridgehead atoms. The maximum atomic E-state index is 13.1. The van der Waals surface area contributed by atoms with Crippen molar-refractivity contribution in [2.45, 2.75) is 6.54 Å². The number of carbonyl (C=O) groups excluding carboxylic acids is 1. The number of halogens is 2. The first kappa shape index (κ1) is 15.0. The molecule has 2 heterocycles. The summed E-state index contributed by atoms with van der Waals surface area (Å²) in [5.74, 6) is -0.336. The fraction of sp³-hybridized carbons (Fsp3) is 0.333. The highest BCUT2D eigenvalue weighted by Gasteiger charge is 2.23. The van der Waals surface area contributed by atoms with E-state index in [4.69, 9.17) is 11.6 Å². The van der Waals surface area contributed by atoms with Crippen LogP contribution < -0.4 is 0 Å². The van der Waals surface area contributed by atoms with Crippen LogP contribution in [0.25, 0.3) is 0 Å². The number of hydrogen-bond donors (Lipinski definition) is 1. The second kappa shape index (κ2) is 6.46. The summed E-state index contributed by atoms with van der Waals surface area (Å²) >= 11 is 6.05. The predicted molar refractivity (Wildman–Crippen MR) is 81.2 cm³/mol. The molecule has 0 unspecified atom stereocenters.